The van der Waals surface area contributed by atoms with E-state index in [2.05, 4.69) is 31.1 Å². The summed E-state index contributed by atoms with van der Waals surface area (Å²) < 4.78 is 0. The molecule has 0 fully saturated rings. The van der Waals surface area contributed by atoms with Gasteiger partial charge >= 0.3 is 25.4 Å². The topological polar surface area (TPSA) is 156 Å². The third-order valence-corrected chi connectivity index (χ3v) is 10.6. The number of amides is 2. The molecule has 55 heavy (non-hydrogen) atoms. The number of allylic oxidation sites excluding steroid dienone is 2. The summed E-state index contributed by atoms with van der Waals surface area (Å²) in [5.41, 5.74) is 9.77. The van der Waals surface area contributed by atoms with E-state index in [4.69, 9.17) is 19.9 Å². The number of hydrogen-bond acceptors (Lipinski definition) is 7. The first kappa shape index (κ1) is 43.3. The van der Waals surface area contributed by atoms with Crippen molar-refractivity contribution < 1.29 is 39.0 Å². The van der Waals surface area contributed by atoms with Crippen LogP contribution in [0.3, 0.4) is 0 Å². The largest absolute Gasteiger partial charge is 2.00 e. The van der Waals surface area contributed by atoms with E-state index in [1.165, 1.54) is 0 Å². The Labute approximate surface area is 337 Å². The first-order valence-corrected chi connectivity index (χ1v) is 18.7. The van der Waals surface area contributed by atoms with Gasteiger partial charge in [0.2, 0.25) is 11.8 Å². The van der Waals surface area contributed by atoms with Gasteiger partial charge in [0, 0.05) is 61.4 Å². The van der Waals surface area contributed by atoms with Crippen molar-refractivity contribution in [3.05, 3.63) is 75.4 Å². The number of aromatic nitrogens is 4. The molecule has 2 amide bonds. The van der Waals surface area contributed by atoms with Crippen molar-refractivity contribution in [3.63, 3.8) is 0 Å². The quantitative estimate of drug-likeness (QED) is 0.180. The van der Waals surface area contributed by atoms with Gasteiger partial charge in [-0.2, -0.15) is 0 Å². The van der Waals surface area contributed by atoms with Crippen molar-refractivity contribution in [2.24, 2.45) is 0 Å². The maximum atomic E-state index is 13.7. The summed E-state index contributed by atoms with van der Waals surface area (Å²) in [5.74, 6) is -1.99. The second-order valence-electron chi connectivity index (χ2n) is 14.9. The number of carbonyl (C=O) groups is 3. The van der Waals surface area contributed by atoms with Crippen molar-refractivity contribution in [2.75, 3.05) is 54.4 Å². The zero-order valence-corrected chi connectivity index (χ0v) is 36.9. The molecule has 0 spiro atoms. The second kappa shape index (κ2) is 18.5. The van der Waals surface area contributed by atoms with Crippen LogP contribution in [0, 0.1) is 13.8 Å². The fourth-order valence-corrected chi connectivity index (χ4v) is 7.37. The number of carboxylic acids is 1. The first-order chi connectivity index (χ1) is 25.6. The molecule has 5 heterocycles. The van der Waals surface area contributed by atoms with Crippen LogP contribution in [0.25, 0.3) is 39.3 Å². The van der Waals surface area contributed by atoms with Crippen LogP contribution in [-0.2, 0) is 35.5 Å². The summed E-state index contributed by atoms with van der Waals surface area (Å²) in [6.45, 7) is 16.3. The Kier molecular flexibility index (Phi) is 14.5. The Hall–Kier alpha value is -4.45. The van der Waals surface area contributed by atoms with Crippen LogP contribution >= 0.6 is 0 Å². The number of rotatable bonds is 14. The molecule has 2 atom stereocenters. The molecular formula is C42H54N8O4Zn. The van der Waals surface area contributed by atoms with Crippen molar-refractivity contribution in [2.45, 2.75) is 72.1 Å². The molecule has 0 saturated carbocycles. The Morgan fingerprint density at radius 3 is 2.11 bits per heavy atom. The van der Waals surface area contributed by atoms with E-state index in [0.717, 1.165) is 44.7 Å². The summed E-state index contributed by atoms with van der Waals surface area (Å²) in [6.07, 6.45) is 3.04. The van der Waals surface area contributed by atoms with Gasteiger partial charge in [-0.15, -0.1) is 22.1 Å². The van der Waals surface area contributed by atoms with Gasteiger partial charge in [-0.05, 0) is 84.1 Å². The molecule has 2 aliphatic heterocycles. The zero-order valence-electron chi connectivity index (χ0n) is 33.9. The molecule has 3 aromatic rings. The van der Waals surface area contributed by atoms with Gasteiger partial charge in [-0.25, -0.2) is 9.78 Å². The molecule has 8 bridgehead atoms. The molecule has 3 aromatic heterocycles. The average Bonchev–Trinajstić information content (AvgIpc) is 3.78. The first-order valence-electron chi connectivity index (χ1n) is 18.7. The standard InChI is InChI=1S/C42H56N8O4.Zn/c1-11-27-23(3)31-20-33-25(5)29(13-14-37(51)43-15-17-49(7)8)40(47-33)30(19-38(52)44-16-18-50(9)10)41-39(42(53)54)26(6)34(48-41)22-36-28(12-2)24(4)32(46-36)21-35(27)45-31;/h11,20-22,25,29H,1,12-19H2,2-10H3,(H5,43,44,45,46,47,48,51,52,53,54);/q;+2/p-2. The second-order valence-corrected chi connectivity index (χ2v) is 14.9. The third kappa shape index (κ3) is 9.51. The van der Waals surface area contributed by atoms with Crippen molar-refractivity contribution >= 4 is 57.1 Å². The average molecular weight is 800 g/mol. The Morgan fingerprint density at radius 2 is 1.51 bits per heavy atom. The van der Waals surface area contributed by atoms with Gasteiger partial charge in [-0.1, -0.05) is 55.8 Å². The van der Waals surface area contributed by atoms with Crippen molar-refractivity contribution in [3.8, 4) is 0 Å². The van der Waals surface area contributed by atoms with Crippen LogP contribution in [0.1, 0.15) is 107 Å². The number of hydrogen-bond donors (Lipinski definition) is 3. The number of carbonyl (C=O) groups excluding carboxylic acids is 2. The van der Waals surface area contributed by atoms with Gasteiger partial charge in [0.15, 0.2) is 0 Å². The van der Waals surface area contributed by atoms with Gasteiger partial charge in [0.05, 0.1) is 17.8 Å². The van der Waals surface area contributed by atoms with E-state index in [9.17, 15) is 19.5 Å². The minimum Gasteiger partial charge on any atom is -0.657 e. The minimum atomic E-state index is -1.14. The van der Waals surface area contributed by atoms with Crippen LogP contribution in [0.5, 0.6) is 0 Å². The minimum absolute atomic E-state index is 0. The summed E-state index contributed by atoms with van der Waals surface area (Å²) in [6, 6.07) is 5.80. The SMILES string of the molecule is C=Cc1c(C)c2cc3nc(c(CC(=O)NCCN(C)C)c4[n-]c(cc5nc(cc1[n-]2)C(C)=C5CC)c(C)c4C(=O)O)C(CCC(=O)NCCN(C)C)C3C.[Zn+2]. The molecule has 0 aromatic carbocycles. The maximum Gasteiger partial charge on any atom is 2.00 e. The molecule has 2 unspecified atom stereocenters. The van der Waals surface area contributed by atoms with E-state index in [1.807, 2.05) is 76.1 Å². The molecule has 13 heteroatoms. The van der Waals surface area contributed by atoms with Gasteiger partial charge in [0.1, 0.15) is 0 Å². The fourth-order valence-electron chi connectivity index (χ4n) is 7.37. The fraction of sp³-hybridized carbons (Fsp3) is 0.452. The Balaban J connectivity index is 0.00000673. The van der Waals surface area contributed by atoms with Gasteiger partial charge in [-0.3, -0.25) is 14.6 Å². The number of carboxylic acid groups (broad SMARTS) is 1. The molecular weight excluding hydrogens is 746 g/mol. The van der Waals surface area contributed by atoms with Crippen LogP contribution in [0.4, 0.5) is 0 Å². The van der Waals surface area contributed by atoms with Crippen LogP contribution in [0.2, 0.25) is 0 Å². The van der Waals surface area contributed by atoms with E-state index < -0.39 is 5.97 Å². The van der Waals surface area contributed by atoms with Crippen LogP contribution in [-0.4, -0.2) is 97.0 Å². The summed E-state index contributed by atoms with van der Waals surface area (Å²) in [5, 5.41) is 16.7. The maximum absolute atomic E-state index is 13.7. The predicted octanol–water partition coefficient (Wildman–Crippen LogP) is 5.43. The molecule has 3 N–H and O–H groups in total. The van der Waals surface area contributed by atoms with Crippen LogP contribution < -0.4 is 20.6 Å². The number of fused-ring (bicyclic) bond motifs is 8. The molecule has 0 saturated heterocycles. The van der Waals surface area contributed by atoms with Gasteiger partial charge < -0.3 is 35.5 Å². The number of nitrogens with zero attached hydrogens (tertiary/aromatic N) is 6. The van der Waals surface area contributed by atoms with E-state index in [0.29, 0.717) is 67.1 Å². The van der Waals surface area contributed by atoms with E-state index in [-0.39, 0.29) is 67.0 Å². The number of aromatic carboxylic acids is 1. The summed E-state index contributed by atoms with van der Waals surface area (Å²) >= 11 is 0. The van der Waals surface area contributed by atoms with Crippen molar-refractivity contribution in [1.82, 2.24) is 40.4 Å². The Morgan fingerprint density at radius 1 is 0.891 bits per heavy atom. The number of aryl methyl sites for hydroxylation is 2. The molecule has 2 aliphatic rings. The molecule has 0 radical (unpaired) electrons. The summed E-state index contributed by atoms with van der Waals surface area (Å²) in [4.78, 5) is 64.3. The predicted molar refractivity (Wildman–Crippen MR) is 215 cm³/mol. The molecule has 288 valence electrons. The normalized spacial score (nSPS) is 15.3. The van der Waals surface area contributed by atoms with E-state index in [1.54, 1.807) is 6.92 Å². The smallest absolute Gasteiger partial charge is 0.657 e. The molecule has 5 rings (SSSR count). The Bertz CT molecular complexity index is 2160. The monoisotopic (exact) mass is 798 g/mol. The number of likely N-dealkylation sites (N-methyl/N-ethyl adjacent to an activating group) is 2. The number of nitrogens with one attached hydrogen (secondary N) is 2. The molecule has 12 nitrogen and oxygen atoms in total. The molecule has 0 aliphatic carbocycles. The van der Waals surface area contributed by atoms with Gasteiger partial charge in [0.25, 0.3) is 0 Å². The summed E-state index contributed by atoms with van der Waals surface area (Å²) in [7, 11) is 7.77. The zero-order chi connectivity index (χ0) is 39.4. The third-order valence-electron chi connectivity index (χ3n) is 10.6. The van der Waals surface area contributed by atoms with Crippen LogP contribution in [0.15, 0.2) is 24.8 Å². The van der Waals surface area contributed by atoms with E-state index >= 15 is 0 Å². The van der Waals surface area contributed by atoms with Crippen molar-refractivity contribution in [1.29, 1.82) is 0 Å².